The molecule has 0 heterocycles. The maximum Gasteiger partial charge on any atom is 0.416 e. The number of benzene rings is 2. The van der Waals surface area contributed by atoms with E-state index in [-0.39, 0.29) is 11.1 Å². The van der Waals surface area contributed by atoms with Crippen LogP contribution in [0.4, 0.5) is 18.9 Å². The van der Waals surface area contributed by atoms with Crippen LogP contribution in [0.5, 0.6) is 0 Å². The van der Waals surface area contributed by atoms with Gasteiger partial charge in [-0.1, -0.05) is 34.1 Å². The molecule has 2 aromatic carbocycles. The highest BCUT2D eigenvalue weighted by Gasteiger charge is 2.30. The van der Waals surface area contributed by atoms with Gasteiger partial charge in [0.05, 0.1) is 5.56 Å². The van der Waals surface area contributed by atoms with Crippen molar-refractivity contribution in [3.05, 3.63) is 69.7 Å². The number of alkyl halides is 3. The fraction of sp³-hybridized carbons (Fsp3) is 0.0588. The number of hydrogen-bond acceptors (Lipinski definition) is 2. The zero-order valence-corrected chi connectivity index (χ0v) is 13.6. The number of nitriles is 1. The van der Waals surface area contributed by atoms with Gasteiger partial charge in [-0.2, -0.15) is 18.4 Å². The molecule has 7 heteroatoms. The third kappa shape index (κ3) is 4.70. The van der Waals surface area contributed by atoms with Gasteiger partial charge in [-0.3, -0.25) is 4.79 Å². The normalized spacial score (nSPS) is 11.7. The van der Waals surface area contributed by atoms with E-state index in [1.54, 1.807) is 30.3 Å². The van der Waals surface area contributed by atoms with E-state index in [1.165, 1.54) is 12.1 Å². The summed E-state index contributed by atoms with van der Waals surface area (Å²) >= 11 is 3.25. The molecule has 0 aromatic heterocycles. The molecule has 0 radical (unpaired) electrons. The predicted molar refractivity (Wildman–Crippen MR) is 87.8 cm³/mol. The van der Waals surface area contributed by atoms with Crippen LogP contribution in [0.25, 0.3) is 6.08 Å². The largest absolute Gasteiger partial charge is 0.416 e. The molecule has 3 nitrogen and oxygen atoms in total. The van der Waals surface area contributed by atoms with Crippen LogP contribution in [0.1, 0.15) is 11.1 Å². The summed E-state index contributed by atoms with van der Waals surface area (Å²) < 4.78 is 38.8. The molecule has 0 unspecified atom stereocenters. The zero-order valence-electron chi connectivity index (χ0n) is 12.1. The first-order valence-electron chi connectivity index (χ1n) is 6.65. The van der Waals surface area contributed by atoms with E-state index in [9.17, 15) is 18.0 Å². The fourth-order valence-corrected chi connectivity index (χ4v) is 2.28. The van der Waals surface area contributed by atoms with E-state index in [0.29, 0.717) is 5.69 Å². The van der Waals surface area contributed by atoms with Crippen molar-refractivity contribution in [3.8, 4) is 6.07 Å². The molecule has 0 saturated carbocycles. The molecular formula is C17H10BrF3N2O. The Kier molecular flexibility index (Phi) is 5.42. The third-order valence-electron chi connectivity index (χ3n) is 2.97. The lowest BCUT2D eigenvalue weighted by Crippen LogP contribution is -2.13. The van der Waals surface area contributed by atoms with Crippen LogP contribution < -0.4 is 5.32 Å². The van der Waals surface area contributed by atoms with Gasteiger partial charge in [0.25, 0.3) is 5.91 Å². The molecule has 0 fully saturated rings. The first kappa shape index (κ1) is 17.8. The topological polar surface area (TPSA) is 52.9 Å². The Morgan fingerprint density at radius 1 is 1.17 bits per heavy atom. The van der Waals surface area contributed by atoms with Gasteiger partial charge in [-0.25, -0.2) is 0 Å². The van der Waals surface area contributed by atoms with Crippen molar-refractivity contribution < 1.29 is 18.0 Å². The predicted octanol–water partition coefficient (Wildman–Crippen LogP) is 5.01. The molecule has 0 aliphatic heterocycles. The Labute approximate surface area is 144 Å². The van der Waals surface area contributed by atoms with E-state index < -0.39 is 17.6 Å². The number of nitrogens with zero attached hydrogens (tertiary/aromatic N) is 1. The minimum atomic E-state index is -4.49. The van der Waals surface area contributed by atoms with E-state index in [0.717, 1.165) is 22.7 Å². The maximum absolute atomic E-state index is 12.7. The maximum atomic E-state index is 12.7. The first-order valence-corrected chi connectivity index (χ1v) is 7.45. The van der Waals surface area contributed by atoms with Gasteiger partial charge >= 0.3 is 6.18 Å². The summed E-state index contributed by atoms with van der Waals surface area (Å²) in [4.78, 5) is 12.1. The summed E-state index contributed by atoms with van der Waals surface area (Å²) in [6.45, 7) is 0. The summed E-state index contributed by atoms with van der Waals surface area (Å²) in [7, 11) is 0. The van der Waals surface area contributed by atoms with Gasteiger partial charge in [0.15, 0.2) is 0 Å². The molecule has 2 rings (SSSR count). The Balaban J connectivity index is 2.26. The number of rotatable bonds is 3. The van der Waals surface area contributed by atoms with Crippen molar-refractivity contribution in [2.45, 2.75) is 6.18 Å². The Morgan fingerprint density at radius 3 is 2.50 bits per heavy atom. The number of nitrogens with one attached hydrogen (secondary N) is 1. The lowest BCUT2D eigenvalue weighted by atomic mass is 10.1. The van der Waals surface area contributed by atoms with Crippen LogP contribution in [0, 0.1) is 11.3 Å². The molecule has 0 aliphatic carbocycles. The highest BCUT2D eigenvalue weighted by Crippen LogP contribution is 2.30. The SMILES string of the molecule is N#CC(=Cc1cccc(C(F)(F)F)c1)C(=O)Nc1cccc(Br)c1. The number of halogens is 4. The zero-order chi connectivity index (χ0) is 17.7. The van der Waals surface area contributed by atoms with Crippen LogP contribution >= 0.6 is 15.9 Å². The quantitative estimate of drug-likeness (QED) is 0.587. The monoisotopic (exact) mass is 394 g/mol. The van der Waals surface area contributed by atoms with Crippen molar-refractivity contribution >= 4 is 33.6 Å². The van der Waals surface area contributed by atoms with Crippen molar-refractivity contribution in [2.24, 2.45) is 0 Å². The van der Waals surface area contributed by atoms with E-state index in [2.05, 4.69) is 21.2 Å². The second-order valence-corrected chi connectivity index (χ2v) is 5.67. The van der Waals surface area contributed by atoms with Gasteiger partial charge in [0.1, 0.15) is 11.6 Å². The number of carbonyl (C=O) groups excluding carboxylic acids is 1. The number of anilines is 1. The Bertz CT molecular complexity index is 838. The van der Waals surface area contributed by atoms with Crippen molar-refractivity contribution in [3.63, 3.8) is 0 Å². The lowest BCUT2D eigenvalue weighted by molar-refractivity contribution is -0.137. The van der Waals surface area contributed by atoms with Gasteiger partial charge in [0, 0.05) is 10.2 Å². The molecule has 1 amide bonds. The van der Waals surface area contributed by atoms with Crippen LogP contribution in [0.3, 0.4) is 0 Å². The van der Waals surface area contributed by atoms with Crippen LogP contribution in [-0.4, -0.2) is 5.91 Å². The minimum absolute atomic E-state index is 0.116. The van der Waals surface area contributed by atoms with Crippen molar-refractivity contribution in [1.29, 1.82) is 5.26 Å². The molecular weight excluding hydrogens is 385 g/mol. The summed E-state index contributed by atoms with van der Waals surface area (Å²) in [5, 5.41) is 11.6. The number of amides is 1. The molecule has 0 saturated heterocycles. The van der Waals surface area contributed by atoms with Crippen molar-refractivity contribution in [1.82, 2.24) is 0 Å². The number of hydrogen-bond donors (Lipinski definition) is 1. The smallest absolute Gasteiger partial charge is 0.321 e. The second-order valence-electron chi connectivity index (χ2n) is 4.76. The summed E-state index contributed by atoms with van der Waals surface area (Å²) in [6, 6.07) is 12.8. The van der Waals surface area contributed by atoms with E-state index in [4.69, 9.17) is 5.26 Å². The van der Waals surface area contributed by atoms with Gasteiger partial charge < -0.3 is 5.32 Å². The minimum Gasteiger partial charge on any atom is -0.321 e. The Morgan fingerprint density at radius 2 is 1.88 bits per heavy atom. The molecule has 0 aliphatic rings. The van der Waals surface area contributed by atoms with E-state index >= 15 is 0 Å². The average Bonchev–Trinajstić information content (AvgIpc) is 2.52. The van der Waals surface area contributed by atoms with Crippen molar-refractivity contribution in [2.75, 3.05) is 5.32 Å². The summed E-state index contributed by atoms with van der Waals surface area (Å²) in [5.74, 6) is -0.701. The molecule has 1 N–H and O–H groups in total. The third-order valence-corrected chi connectivity index (χ3v) is 3.47. The number of carbonyl (C=O) groups is 1. The van der Waals surface area contributed by atoms with Gasteiger partial charge in [-0.05, 0) is 42.0 Å². The first-order chi connectivity index (χ1) is 11.3. The highest BCUT2D eigenvalue weighted by molar-refractivity contribution is 9.10. The summed E-state index contributed by atoms with van der Waals surface area (Å²) in [5.41, 5.74) is -0.569. The molecule has 2 aromatic rings. The van der Waals surface area contributed by atoms with Gasteiger partial charge in [0.2, 0.25) is 0 Å². The molecule has 0 bridgehead atoms. The molecule has 0 atom stereocenters. The second kappa shape index (κ2) is 7.32. The average molecular weight is 395 g/mol. The van der Waals surface area contributed by atoms with Gasteiger partial charge in [-0.15, -0.1) is 0 Å². The van der Waals surface area contributed by atoms with Crippen LogP contribution in [0.15, 0.2) is 58.6 Å². The fourth-order valence-electron chi connectivity index (χ4n) is 1.88. The highest BCUT2D eigenvalue weighted by atomic mass is 79.9. The lowest BCUT2D eigenvalue weighted by Gasteiger charge is -2.07. The summed E-state index contributed by atoms with van der Waals surface area (Å²) in [6.07, 6.45) is -3.38. The molecule has 0 spiro atoms. The molecule has 122 valence electrons. The van der Waals surface area contributed by atoms with Crippen LogP contribution in [0.2, 0.25) is 0 Å². The van der Waals surface area contributed by atoms with E-state index in [1.807, 2.05) is 0 Å². The molecule has 24 heavy (non-hydrogen) atoms. The standard InChI is InChI=1S/C17H10BrF3N2O/c18-14-5-2-6-15(9-14)23-16(24)12(10-22)7-11-3-1-4-13(8-11)17(19,20)21/h1-9H,(H,23,24). The Hall–Kier alpha value is -2.59. The van der Waals surface area contributed by atoms with Crippen LogP contribution in [-0.2, 0) is 11.0 Å².